The van der Waals surface area contributed by atoms with E-state index in [1.54, 1.807) is 18.2 Å². The average molecular weight is 359 g/mol. The Labute approximate surface area is 155 Å². The van der Waals surface area contributed by atoms with Crippen LogP contribution >= 0.6 is 0 Å². The van der Waals surface area contributed by atoms with Crippen molar-refractivity contribution in [2.24, 2.45) is 5.92 Å². The zero-order chi connectivity index (χ0) is 18.4. The van der Waals surface area contributed by atoms with Gasteiger partial charge in [-0.05, 0) is 70.3 Å². The lowest BCUT2D eigenvalue weighted by molar-refractivity contribution is -0.120. The van der Waals surface area contributed by atoms with Crippen LogP contribution in [0.25, 0.3) is 0 Å². The van der Waals surface area contributed by atoms with Gasteiger partial charge >= 0.3 is 0 Å². The first-order chi connectivity index (χ1) is 12.7. The SMILES string of the molecule is CCOc1ccc(C(=O)N2CCCCC2)cc1NC(=O)C1CCNCC1. The van der Waals surface area contributed by atoms with E-state index in [1.807, 2.05) is 11.8 Å². The molecule has 0 atom stereocenters. The Morgan fingerprint density at radius 3 is 2.62 bits per heavy atom. The highest BCUT2D eigenvalue weighted by Crippen LogP contribution is 2.28. The molecule has 2 heterocycles. The number of piperidine rings is 2. The van der Waals surface area contributed by atoms with Crippen LogP contribution in [0.4, 0.5) is 5.69 Å². The molecule has 2 fully saturated rings. The molecule has 0 aromatic heterocycles. The number of nitrogens with one attached hydrogen (secondary N) is 2. The van der Waals surface area contributed by atoms with Gasteiger partial charge in [-0.15, -0.1) is 0 Å². The molecule has 0 spiro atoms. The Hall–Kier alpha value is -2.08. The van der Waals surface area contributed by atoms with Crippen molar-refractivity contribution in [3.8, 4) is 5.75 Å². The molecule has 26 heavy (non-hydrogen) atoms. The van der Waals surface area contributed by atoms with E-state index in [-0.39, 0.29) is 17.7 Å². The molecule has 0 aliphatic carbocycles. The third-order valence-corrected chi connectivity index (χ3v) is 5.14. The second-order valence-corrected chi connectivity index (χ2v) is 7.01. The van der Waals surface area contributed by atoms with Crippen LogP contribution in [-0.2, 0) is 4.79 Å². The molecule has 6 nitrogen and oxygen atoms in total. The van der Waals surface area contributed by atoms with Gasteiger partial charge in [0.05, 0.1) is 12.3 Å². The smallest absolute Gasteiger partial charge is 0.253 e. The van der Waals surface area contributed by atoms with E-state index in [1.165, 1.54) is 6.42 Å². The van der Waals surface area contributed by atoms with E-state index in [4.69, 9.17) is 4.74 Å². The molecule has 1 aromatic carbocycles. The van der Waals surface area contributed by atoms with Crippen LogP contribution in [0.2, 0.25) is 0 Å². The summed E-state index contributed by atoms with van der Waals surface area (Å²) >= 11 is 0. The van der Waals surface area contributed by atoms with Crippen molar-refractivity contribution in [3.05, 3.63) is 23.8 Å². The topological polar surface area (TPSA) is 70.7 Å². The number of ether oxygens (including phenoxy) is 1. The van der Waals surface area contributed by atoms with Crippen molar-refractivity contribution < 1.29 is 14.3 Å². The van der Waals surface area contributed by atoms with Gasteiger partial charge in [-0.1, -0.05) is 0 Å². The second-order valence-electron chi connectivity index (χ2n) is 7.01. The number of benzene rings is 1. The number of carbonyl (C=O) groups excluding carboxylic acids is 2. The van der Waals surface area contributed by atoms with Gasteiger partial charge in [0, 0.05) is 24.6 Å². The van der Waals surface area contributed by atoms with Crippen molar-refractivity contribution in [2.45, 2.75) is 39.0 Å². The standard InChI is InChI=1S/C20H29N3O3/c1-2-26-18-7-6-16(20(25)23-12-4-3-5-13-23)14-17(18)22-19(24)15-8-10-21-11-9-15/h6-7,14-15,21H,2-5,8-13H2,1H3,(H,22,24). The van der Waals surface area contributed by atoms with E-state index in [0.29, 0.717) is 23.6 Å². The minimum absolute atomic E-state index is 0.00665. The third kappa shape index (κ3) is 4.55. The van der Waals surface area contributed by atoms with Gasteiger partial charge in [-0.3, -0.25) is 9.59 Å². The summed E-state index contributed by atoms with van der Waals surface area (Å²) in [5.74, 6) is 0.664. The third-order valence-electron chi connectivity index (χ3n) is 5.14. The van der Waals surface area contributed by atoms with Crippen LogP contribution in [-0.4, -0.2) is 49.5 Å². The van der Waals surface area contributed by atoms with Crippen molar-refractivity contribution in [3.63, 3.8) is 0 Å². The fraction of sp³-hybridized carbons (Fsp3) is 0.600. The van der Waals surface area contributed by atoms with E-state index >= 15 is 0 Å². The van der Waals surface area contributed by atoms with Crippen LogP contribution in [0, 0.1) is 5.92 Å². The molecule has 6 heteroatoms. The normalized spacial score (nSPS) is 18.4. The van der Waals surface area contributed by atoms with E-state index in [2.05, 4.69) is 10.6 Å². The monoisotopic (exact) mass is 359 g/mol. The average Bonchev–Trinajstić information content (AvgIpc) is 2.70. The van der Waals surface area contributed by atoms with E-state index < -0.39 is 0 Å². The molecule has 2 saturated heterocycles. The quantitative estimate of drug-likeness (QED) is 0.848. The predicted octanol–water partition coefficient (Wildman–Crippen LogP) is 2.65. The van der Waals surface area contributed by atoms with Gasteiger partial charge in [0.15, 0.2) is 0 Å². The van der Waals surface area contributed by atoms with Crippen molar-refractivity contribution in [1.29, 1.82) is 0 Å². The Morgan fingerprint density at radius 2 is 1.92 bits per heavy atom. The van der Waals surface area contributed by atoms with Gasteiger partial charge in [0.1, 0.15) is 5.75 Å². The summed E-state index contributed by atoms with van der Waals surface area (Å²) < 4.78 is 5.65. The molecular weight excluding hydrogens is 330 g/mol. The summed E-state index contributed by atoms with van der Waals surface area (Å²) in [4.78, 5) is 27.3. The van der Waals surface area contributed by atoms with E-state index in [0.717, 1.165) is 51.9 Å². The zero-order valence-corrected chi connectivity index (χ0v) is 15.6. The highest BCUT2D eigenvalue weighted by atomic mass is 16.5. The maximum absolute atomic E-state index is 12.8. The first kappa shape index (κ1) is 18.7. The summed E-state index contributed by atoms with van der Waals surface area (Å²) in [7, 11) is 0. The van der Waals surface area contributed by atoms with Crippen LogP contribution in [0.5, 0.6) is 5.75 Å². The molecule has 142 valence electrons. The Bertz CT molecular complexity index is 635. The first-order valence-electron chi connectivity index (χ1n) is 9.76. The Balaban J connectivity index is 1.76. The second kappa shape index (κ2) is 9.03. The first-order valence-corrected chi connectivity index (χ1v) is 9.76. The maximum atomic E-state index is 12.8. The van der Waals surface area contributed by atoms with Crippen LogP contribution in [0.15, 0.2) is 18.2 Å². The molecule has 0 radical (unpaired) electrons. The summed E-state index contributed by atoms with van der Waals surface area (Å²) in [6.07, 6.45) is 4.97. The highest BCUT2D eigenvalue weighted by Gasteiger charge is 2.23. The lowest BCUT2D eigenvalue weighted by Crippen LogP contribution is -2.36. The lowest BCUT2D eigenvalue weighted by atomic mass is 9.97. The van der Waals surface area contributed by atoms with Crippen molar-refractivity contribution >= 4 is 17.5 Å². The van der Waals surface area contributed by atoms with Gasteiger partial charge in [-0.25, -0.2) is 0 Å². The zero-order valence-electron chi connectivity index (χ0n) is 15.6. The van der Waals surface area contributed by atoms with Gasteiger partial charge in [0.25, 0.3) is 5.91 Å². The van der Waals surface area contributed by atoms with Gasteiger partial charge in [0.2, 0.25) is 5.91 Å². The van der Waals surface area contributed by atoms with Gasteiger partial charge < -0.3 is 20.3 Å². The summed E-state index contributed by atoms with van der Waals surface area (Å²) in [6.45, 7) is 5.76. The summed E-state index contributed by atoms with van der Waals surface area (Å²) in [5.41, 5.74) is 1.20. The number of anilines is 1. The largest absolute Gasteiger partial charge is 0.492 e. The van der Waals surface area contributed by atoms with Crippen molar-refractivity contribution in [1.82, 2.24) is 10.2 Å². The molecule has 2 aliphatic rings. The van der Waals surface area contributed by atoms with Crippen LogP contribution in [0.3, 0.4) is 0 Å². The fourth-order valence-corrected chi connectivity index (χ4v) is 3.64. The summed E-state index contributed by atoms with van der Waals surface area (Å²) in [5, 5.41) is 6.27. The molecule has 2 aliphatic heterocycles. The minimum atomic E-state index is 0.00665. The van der Waals surface area contributed by atoms with Gasteiger partial charge in [-0.2, -0.15) is 0 Å². The molecule has 0 bridgehead atoms. The molecule has 0 saturated carbocycles. The van der Waals surface area contributed by atoms with Crippen LogP contribution in [0.1, 0.15) is 49.4 Å². The minimum Gasteiger partial charge on any atom is -0.492 e. The predicted molar refractivity (Wildman–Crippen MR) is 102 cm³/mol. The number of hydrogen-bond acceptors (Lipinski definition) is 4. The molecular formula is C20H29N3O3. The number of nitrogens with zero attached hydrogens (tertiary/aromatic N) is 1. The number of hydrogen-bond donors (Lipinski definition) is 2. The number of carbonyl (C=O) groups is 2. The highest BCUT2D eigenvalue weighted by molar-refractivity contribution is 5.99. The lowest BCUT2D eigenvalue weighted by Gasteiger charge is -2.27. The number of amides is 2. The fourth-order valence-electron chi connectivity index (χ4n) is 3.64. The van der Waals surface area contributed by atoms with Crippen molar-refractivity contribution in [2.75, 3.05) is 38.1 Å². The molecule has 2 amide bonds. The molecule has 3 rings (SSSR count). The molecule has 2 N–H and O–H groups in total. The molecule has 1 aromatic rings. The number of likely N-dealkylation sites (tertiary alicyclic amines) is 1. The molecule has 0 unspecified atom stereocenters. The Morgan fingerprint density at radius 1 is 1.19 bits per heavy atom. The summed E-state index contributed by atoms with van der Waals surface area (Å²) in [6, 6.07) is 5.35. The van der Waals surface area contributed by atoms with E-state index in [9.17, 15) is 9.59 Å². The number of rotatable bonds is 5. The van der Waals surface area contributed by atoms with Crippen LogP contribution < -0.4 is 15.4 Å². The Kier molecular flexibility index (Phi) is 6.50. The maximum Gasteiger partial charge on any atom is 0.253 e.